The molecule has 134 valence electrons. The smallest absolute Gasteiger partial charge is 0.259 e. The number of carbonyl (C=O) groups is 1. The summed E-state index contributed by atoms with van der Waals surface area (Å²) in [7, 11) is 0. The van der Waals surface area contributed by atoms with E-state index in [9.17, 15) is 4.79 Å². The number of hydrogen-bond donors (Lipinski definition) is 1. The van der Waals surface area contributed by atoms with Crippen molar-refractivity contribution in [2.45, 2.75) is 13.8 Å². The van der Waals surface area contributed by atoms with Gasteiger partial charge < -0.3 is 5.32 Å². The van der Waals surface area contributed by atoms with Crippen molar-refractivity contribution in [2.75, 3.05) is 5.32 Å². The highest BCUT2D eigenvalue weighted by Crippen LogP contribution is 2.28. The summed E-state index contributed by atoms with van der Waals surface area (Å²) in [4.78, 5) is 14.0. The third-order valence-corrected chi connectivity index (χ3v) is 5.24. The van der Waals surface area contributed by atoms with Crippen LogP contribution >= 0.6 is 11.3 Å². The highest BCUT2D eigenvalue weighted by atomic mass is 32.1. The number of benzene rings is 2. The predicted molar refractivity (Wildman–Crippen MR) is 111 cm³/mol. The van der Waals surface area contributed by atoms with Crippen molar-refractivity contribution in [3.63, 3.8) is 0 Å². The molecule has 0 spiro atoms. The van der Waals surface area contributed by atoms with Gasteiger partial charge in [-0.15, -0.1) is 11.3 Å². The van der Waals surface area contributed by atoms with Gasteiger partial charge in [0.05, 0.1) is 16.1 Å². The molecular formula is C22H19N3OS. The lowest BCUT2D eigenvalue weighted by atomic mass is 10.1. The van der Waals surface area contributed by atoms with Crippen LogP contribution in [0.15, 0.2) is 72.2 Å². The first kappa shape index (κ1) is 17.2. The van der Waals surface area contributed by atoms with Gasteiger partial charge in [-0.2, -0.15) is 5.10 Å². The summed E-state index contributed by atoms with van der Waals surface area (Å²) in [5.74, 6) is -0.160. The van der Waals surface area contributed by atoms with Crippen LogP contribution in [0, 0.1) is 13.8 Å². The summed E-state index contributed by atoms with van der Waals surface area (Å²) in [6.07, 6.45) is 1.79. The van der Waals surface area contributed by atoms with Crippen molar-refractivity contribution in [3.8, 4) is 16.3 Å². The maximum Gasteiger partial charge on any atom is 0.259 e. The molecule has 0 atom stereocenters. The standard InChI is InChI=1S/C22H19N3OS/c1-15-10-11-19(16(2)13-15)23-22(26)18-14-25(17-7-4-3-5-8-17)24-21(18)20-9-6-12-27-20/h3-14H,1-2H3,(H,23,26). The van der Waals surface area contributed by atoms with E-state index in [-0.39, 0.29) is 5.91 Å². The Morgan fingerprint density at radius 3 is 2.56 bits per heavy atom. The van der Waals surface area contributed by atoms with Crippen LogP contribution in [0.1, 0.15) is 21.5 Å². The zero-order chi connectivity index (χ0) is 18.8. The molecule has 2 heterocycles. The first-order valence-corrected chi connectivity index (χ1v) is 9.57. The molecule has 2 aromatic heterocycles. The molecule has 0 aliphatic carbocycles. The maximum absolute atomic E-state index is 13.1. The number of aromatic nitrogens is 2. The number of amides is 1. The number of para-hydroxylation sites is 1. The second kappa shape index (κ2) is 7.21. The van der Waals surface area contributed by atoms with Crippen LogP contribution in [0.25, 0.3) is 16.3 Å². The number of aryl methyl sites for hydroxylation is 2. The SMILES string of the molecule is Cc1ccc(NC(=O)c2cn(-c3ccccc3)nc2-c2cccs2)c(C)c1. The third kappa shape index (κ3) is 3.55. The molecule has 0 aliphatic heterocycles. The van der Waals surface area contributed by atoms with E-state index in [4.69, 9.17) is 0 Å². The topological polar surface area (TPSA) is 46.9 Å². The molecule has 0 saturated carbocycles. The van der Waals surface area contributed by atoms with E-state index in [0.29, 0.717) is 11.3 Å². The van der Waals surface area contributed by atoms with E-state index >= 15 is 0 Å². The number of nitrogens with zero attached hydrogens (tertiary/aromatic N) is 2. The fourth-order valence-corrected chi connectivity index (χ4v) is 3.72. The third-order valence-electron chi connectivity index (χ3n) is 4.36. The Morgan fingerprint density at radius 2 is 1.85 bits per heavy atom. The normalized spacial score (nSPS) is 10.7. The molecule has 0 unspecified atom stereocenters. The summed E-state index contributed by atoms with van der Waals surface area (Å²) in [6.45, 7) is 4.04. The molecule has 4 aromatic rings. The monoisotopic (exact) mass is 373 g/mol. The number of thiophene rings is 1. The van der Waals surface area contributed by atoms with E-state index in [1.54, 1.807) is 22.2 Å². The summed E-state index contributed by atoms with van der Waals surface area (Å²) < 4.78 is 1.76. The van der Waals surface area contributed by atoms with Crippen molar-refractivity contribution >= 4 is 22.9 Å². The predicted octanol–water partition coefficient (Wildman–Crippen LogP) is 5.47. The molecule has 4 nitrogen and oxygen atoms in total. The fraction of sp³-hybridized carbons (Fsp3) is 0.0909. The molecule has 1 amide bonds. The van der Waals surface area contributed by atoms with Gasteiger partial charge in [0.25, 0.3) is 5.91 Å². The highest BCUT2D eigenvalue weighted by Gasteiger charge is 2.20. The van der Waals surface area contributed by atoms with Crippen molar-refractivity contribution in [1.82, 2.24) is 9.78 Å². The minimum Gasteiger partial charge on any atom is -0.322 e. The summed E-state index contributed by atoms with van der Waals surface area (Å²) in [5.41, 5.74) is 5.19. The minimum absolute atomic E-state index is 0.160. The molecule has 0 fully saturated rings. The van der Waals surface area contributed by atoms with E-state index in [2.05, 4.69) is 16.5 Å². The Morgan fingerprint density at radius 1 is 1.04 bits per heavy atom. The van der Waals surface area contributed by atoms with E-state index in [1.807, 2.05) is 73.8 Å². The molecule has 5 heteroatoms. The van der Waals surface area contributed by atoms with Crippen molar-refractivity contribution in [3.05, 3.63) is 88.9 Å². The molecule has 0 saturated heterocycles. The minimum atomic E-state index is -0.160. The van der Waals surface area contributed by atoms with Crippen LogP contribution in [0.4, 0.5) is 5.69 Å². The highest BCUT2D eigenvalue weighted by molar-refractivity contribution is 7.13. The van der Waals surface area contributed by atoms with Crippen LogP contribution in [0.5, 0.6) is 0 Å². The lowest BCUT2D eigenvalue weighted by molar-refractivity contribution is 0.102. The molecule has 1 N–H and O–H groups in total. The first-order valence-electron chi connectivity index (χ1n) is 8.69. The van der Waals surface area contributed by atoms with Gasteiger partial charge in [-0.05, 0) is 49.1 Å². The van der Waals surface area contributed by atoms with Gasteiger partial charge in [0.1, 0.15) is 5.69 Å². The number of nitrogens with one attached hydrogen (secondary N) is 1. The lowest BCUT2D eigenvalue weighted by Gasteiger charge is -2.08. The number of hydrogen-bond acceptors (Lipinski definition) is 3. The molecular weight excluding hydrogens is 354 g/mol. The Hall–Kier alpha value is -3.18. The number of rotatable bonds is 4. The van der Waals surface area contributed by atoms with E-state index in [1.165, 1.54) is 5.56 Å². The molecule has 27 heavy (non-hydrogen) atoms. The quantitative estimate of drug-likeness (QED) is 0.515. The Bertz CT molecular complexity index is 1080. The van der Waals surface area contributed by atoms with Gasteiger partial charge in [0.2, 0.25) is 0 Å². The van der Waals surface area contributed by atoms with Crippen LogP contribution in [0.3, 0.4) is 0 Å². The second-order valence-electron chi connectivity index (χ2n) is 6.42. The lowest BCUT2D eigenvalue weighted by Crippen LogP contribution is -2.13. The Kier molecular flexibility index (Phi) is 4.60. The molecule has 4 rings (SSSR count). The van der Waals surface area contributed by atoms with Crippen molar-refractivity contribution < 1.29 is 4.79 Å². The van der Waals surface area contributed by atoms with Gasteiger partial charge in [-0.1, -0.05) is 42.0 Å². The Balaban J connectivity index is 1.74. The van der Waals surface area contributed by atoms with Crippen LogP contribution < -0.4 is 5.32 Å². The van der Waals surface area contributed by atoms with Gasteiger partial charge in [0, 0.05) is 11.9 Å². The maximum atomic E-state index is 13.1. The van der Waals surface area contributed by atoms with Gasteiger partial charge >= 0.3 is 0 Å². The Labute approximate surface area is 162 Å². The average molecular weight is 373 g/mol. The number of carbonyl (C=O) groups excluding carboxylic acids is 1. The van der Waals surface area contributed by atoms with Gasteiger partial charge in [-0.25, -0.2) is 4.68 Å². The van der Waals surface area contributed by atoms with Gasteiger partial charge in [0.15, 0.2) is 0 Å². The molecule has 0 bridgehead atoms. The van der Waals surface area contributed by atoms with Crippen LogP contribution in [-0.2, 0) is 0 Å². The summed E-state index contributed by atoms with van der Waals surface area (Å²) in [6, 6.07) is 19.8. The second-order valence-corrected chi connectivity index (χ2v) is 7.37. The zero-order valence-electron chi connectivity index (χ0n) is 15.1. The zero-order valence-corrected chi connectivity index (χ0v) is 16.0. The first-order chi connectivity index (χ1) is 13.1. The van der Waals surface area contributed by atoms with E-state index < -0.39 is 0 Å². The van der Waals surface area contributed by atoms with Crippen LogP contribution in [0.2, 0.25) is 0 Å². The molecule has 0 aliphatic rings. The molecule has 2 aromatic carbocycles. The van der Waals surface area contributed by atoms with Crippen molar-refractivity contribution in [2.24, 2.45) is 0 Å². The summed E-state index contributed by atoms with van der Waals surface area (Å²) >= 11 is 1.57. The molecule has 0 radical (unpaired) electrons. The number of anilines is 1. The van der Waals surface area contributed by atoms with Gasteiger partial charge in [-0.3, -0.25) is 4.79 Å². The average Bonchev–Trinajstić information content (AvgIpc) is 3.34. The van der Waals surface area contributed by atoms with Crippen LogP contribution in [-0.4, -0.2) is 15.7 Å². The largest absolute Gasteiger partial charge is 0.322 e. The van der Waals surface area contributed by atoms with Crippen molar-refractivity contribution in [1.29, 1.82) is 0 Å². The fourth-order valence-electron chi connectivity index (χ4n) is 2.99. The summed E-state index contributed by atoms with van der Waals surface area (Å²) in [5, 5.41) is 9.71. The van der Waals surface area contributed by atoms with E-state index in [0.717, 1.165) is 21.8 Å².